The molecule has 0 spiro atoms. The van der Waals surface area contributed by atoms with E-state index in [2.05, 4.69) is 17.1 Å². The highest BCUT2D eigenvalue weighted by molar-refractivity contribution is 5.84. The number of nitrogens with one attached hydrogen (secondary N) is 1. The number of carbonyl (C=O) groups excluding carboxylic acids is 1. The van der Waals surface area contributed by atoms with Crippen LogP contribution in [-0.4, -0.2) is 43.3 Å². The van der Waals surface area contributed by atoms with Crippen molar-refractivity contribution in [1.82, 2.24) is 10.2 Å². The first-order valence-electron chi connectivity index (χ1n) is 8.83. The fraction of sp³-hybridized carbons (Fsp3) is 0.941. The topological polar surface area (TPSA) is 41.6 Å². The van der Waals surface area contributed by atoms with E-state index in [1.54, 1.807) is 7.11 Å². The van der Waals surface area contributed by atoms with Crippen LogP contribution in [0.2, 0.25) is 0 Å². The number of nitrogens with zero attached hydrogens (tertiary/aromatic N) is 1. The summed E-state index contributed by atoms with van der Waals surface area (Å²) in [5.41, 5.74) is 0. The third kappa shape index (κ3) is 4.43. The number of methoxy groups -OCH3 is 1. The lowest BCUT2D eigenvalue weighted by molar-refractivity contribution is -0.130. The maximum atomic E-state index is 12.6. The van der Waals surface area contributed by atoms with Crippen molar-refractivity contribution >= 4 is 5.91 Å². The minimum Gasteiger partial charge on any atom is -0.385 e. The molecule has 2 aliphatic rings. The van der Waals surface area contributed by atoms with Crippen LogP contribution in [0.25, 0.3) is 0 Å². The smallest absolute Gasteiger partial charge is 0.241 e. The third-order valence-electron chi connectivity index (χ3n) is 4.96. The van der Waals surface area contributed by atoms with E-state index in [-0.39, 0.29) is 6.04 Å². The van der Waals surface area contributed by atoms with Gasteiger partial charge in [-0.3, -0.25) is 10.1 Å². The van der Waals surface area contributed by atoms with Crippen molar-refractivity contribution < 1.29 is 9.53 Å². The largest absolute Gasteiger partial charge is 0.385 e. The molecule has 1 aliphatic carbocycles. The Morgan fingerprint density at radius 2 is 2.00 bits per heavy atom. The zero-order chi connectivity index (χ0) is 15.1. The van der Waals surface area contributed by atoms with E-state index in [0.717, 1.165) is 45.3 Å². The van der Waals surface area contributed by atoms with Gasteiger partial charge in [0.05, 0.1) is 12.2 Å². The molecular formula is C17H32N2O2. The molecule has 21 heavy (non-hydrogen) atoms. The highest BCUT2D eigenvalue weighted by Crippen LogP contribution is 2.32. The number of rotatable bonds is 9. The first-order valence-corrected chi connectivity index (χ1v) is 8.83. The van der Waals surface area contributed by atoms with Crippen LogP contribution in [0.4, 0.5) is 0 Å². The Labute approximate surface area is 129 Å². The summed E-state index contributed by atoms with van der Waals surface area (Å²) < 4.78 is 5.09. The standard InChI is InChI=1S/C17H32N2O2/c1-3-9-15-17(20)19(12-7-4-8-13-21-2)16(18-15)14-10-5-6-11-14/h14-16,18H,3-13H2,1-2H3. The van der Waals surface area contributed by atoms with E-state index < -0.39 is 0 Å². The average molecular weight is 296 g/mol. The van der Waals surface area contributed by atoms with E-state index in [1.807, 2.05) is 0 Å². The van der Waals surface area contributed by atoms with Gasteiger partial charge in [0.1, 0.15) is 0 Å². The van der Waals surface area contributed by atoms with E-state index in [4.69, 9.17) is 4.74 Å². The Hall–Kier alpha value is -0.610. The summed E-state index contributed by atoms with van der Waals surface area (Å²) in [6.07, 6.45) is 10.9. The van der Waals surface area contributed by atoms with Gasteiger partial charge >= 0.3 is 0 Å². The molecule has 1 saturated heterocycles. The molecule has 0 radical (unpaired) electrons. The Kier molecular flexibility index (Phi) is 6.97. The van der Waals surface area contributed by atoms with Crippen molar-refractivity contribution in [2.45, 2.75) is 76.9 Å². The van der Waals surface area contributed by atoms with Crippen LogP contribution in [0.1, 0.15) is 64.7 Å². The highest BCUT2D eigenvalue weighted by atomic mass is 16.5. The Morgan fingerprint density at radius 1 is 1.24 bits per heavy atom. The average Bonchev–Trinajstić information content (AvgIpc) is 3.10. The van der Waals surface area contributed by atoms with Crippen LogP contribution in [0, 0.1) is 5.92 Å². The summed E-state index contributed by atoms with van der Waals surface area (Å²) in [6.45, 7) is 3.90. The highest BCUT2D eigenvalue weighted by Gasteiger charge is 2.42. The molecule has 1 amide bonds. The number of unbranched alkanes of at least 4 members (excludes halogenated alkanes) is 2. The Bertz CT molecular complexity index is 316. The fourth-order valence-corrected chi connectivity index (χ4v) is 3.82. The molecule has 0 aromatic rings. The van der Waals surface area contributed by atoms with E-state index in [1.165, 1.54) is 25.7 Å². The van der Waals surface area contributed by atoms with Crippen molar-refractivity contribution in [1.29, 1.82) is 0 Å². The molecule has 4 heteroatoms. The summed E-state index contributed by atoms with van der Waals surface area (Å²) in [7, 11) is 1.75. The van der Waals surface area contributed by atoms with Crippen molar-refractivity contribution in [3.63, 3.8) is 0 Å². The van der Waals surface area contributed by atoms with Gasteiger partial charge in [0.2, 0.25) is 5.91 Å². The lowest BCUT2D eigenvalue weighted by Gasteiger charge is -2.29. The van der Waals surface area contributed by atoms with Crippen LogP contribution >= 0.6 is 0 Å². The molecule has 1 heterocycles. The second kappa shape index (κ2) is 8.74. The van der Waals surface area contributed by atoms with E-state index in [0.29, 0.717) is 18.0 Å². The van der Waals surface area contributed by atoms with Crippen LogP contribution < -0.4 is 5.32 Å². The molecule has 2 rings (SSSR count). The summed E-state index contributed by atoms with van der Waals surface area (Å²) >= 11 is 0. The summed E-state index contributed by atoms with van der Waals surface area (Å²) in [5, 5.41) is 3.64. The Balaban J connectivity index is 1.87. The molecule has 1 N–H and O–H groups in total. The van der Waals surface area contributed by atoms with Gasteiger partial charge in [-0.1, -0.05) is 26.2 Å². The summed E-state index contributed by atoms with van der Waals surface area (Å²) in [6, 6.07) is 0.0691. The predicted molar refractivity (Wildman–Crippen MR) is 85.0 cm³/mol. The van der Waals surface area contributed by atoms with Gasteiger partial charge in [0.15, 0.2) is 0 Å². The normalized spacial score (nSPS) is 27.0. The second-order valence-electron chi connectivity index (χ2n) is 6.58. The van der Waals surface area contributed by atoms with Crippen molar-refractivity contribution in [2.75, 3.05) is 20.3 Å². The molecule has 1 saturated carbocycles. The molecule has 0 bridgehead atoms. The van der Waals surface area contributed by atoms with Crippen LogP contribution in [0.5, 0.6) is 0 Å². The second-order valence-corrected chi connectivity index (χ2v) is 6.58. The summed E-state index contributed by atoms with van der Waals surface area (Å²) in [4.78, 5) is 14.8. The minimum absolute atomic E-state index is 0.0691. The number of hydrogen-bond acceptors (Lipinski definition) is 3. The third-order valence-corrected chi connectivity index (χ3v) is 4.96. The monoisotopic (exact) mass is 296 g/mol. The van der Waals surface area contributed by atoms with Crippen molar-refractivity contribution in [2.24, 2.45) is 5.92 Å². The van der Waals surface area contributed by atoms with E-state index in [9.17, 15) is 4.79 Å². The van der Waals surface area contributed by atoms with Crippen LogP contribution in [-0.2, 0) is 9.53 Å². The lowest BCUT2D eigenvalue weighted by Crippen LogP contribution is -2.43. The van der Waals surface area contributed by atoms with Crippen molar-refractivity contribution in [3.8, 4) is 0 Å². The number of hydrogen-bond donors (Lipinski definition) is 1. The number of ether oxygens (including phenoxy) is 1. The maximum absolute atomic E-state index is 12.6. The molecule has 1 aliphatic heterocycles. The molecular weight excluding hydrogens is 264 g/mol. The van der Waals surface area contributed by atoms with Crippen molar-refractivity contribution in [3.05, 3.63) is 0 Å². The molecule has 0 aromatic heterocycles. The molecule has 0 aromatic carbocycles. The quantitative estimate of drug-likeness (QED) is 0.665. The maximum Gasteiger partial charge on any atom is 0.241 e. The zero-order valence-electron chi connectivity index (χ0n) is 13.8. The molecule has 2 atom stereocenters. The van der Waals surface area contributed by atoms with Crippen LogP contribution in [0.15, 0.2) is 0 Å². The van der Waals surface area contributed by atoms with Gasteiger partial charge in [-0.2, -0.15) is 0 Å². The van der Waals surface area contributed by atoms with Gasteiger partial charge in [-0.05, 0) is 44.4 Å². The Morgan fingerprint density at radius 3 is 2.67 bits per heavy atom. The number of carbonyl (C=O) groups is 1. The van der Waals surface area contributed by atoms with Gasteiger partial charge in [-0.25, -0.2) is 0 Å². The minimum atomic E-state index is 0.0691. The van der Waals surface area contributed by atoms with Gasteiger partial charge < -0.3 is 9.64 Å². The molecule has 2 unspecified atom stereocenters. The van der Waals surface area contributed by atoms with Gasteiger partial charge in [0, 0.05) is 20.3 Å². The molecule has 2 fully saturated rings. The first-order chi connectivity index (χ1) is 10.3. The van der Waals surface area contributed by atoms with Gasteiger partial charge in [0.25, 0.3) is 0 Å². The SMILES string of the molecule is CCCC1NC(C2CCCC2)N(CCCCCOC)C1=O. The molecule has 122 valence electrons. The summed E-state index contributed by atoms with van der Waals surface area (Å²) in [5.74, 6) is 1.02. The predicted octanol–water partition coefficient (Wildman–Crippen LogP) is 2.92. The zero-order valence-corrected chi connectivity index (χ0v) is 13.8. The number of amides is 1. The van der Waals surface area contributed by atoms with Crippen LogP contribution in [0.3, 0.4) is 0 Å². The lowest BCUT2D eigenvalue weighted by atomic mass is 10.0. The van der Waals surface area contributed by atoms with E-state index >= 15 is 0 Å². The molecule has 4 nitrogen and oxygen atoms in total. The fourth-order valence-electron chi connectivity index (χ4n) is 3.82. The first kappa shape index (κ1) is 16.8. The van der Waals surface area contributed by atoms with Gasteiger partial charge in [-0.15, -0.1) is 0 Å².